The Hall–Kier alpha value is -2.71. The maximum Gasteiger partial charge on any atom is 0.251 e. The van der Waals surface area contributed by atoms with Crippen molar-refractivity contribution in [1.82, 2.24) is 9.62 Å². The summed E-state index contributed by atoms with van der Waals surface area (Å²) < 4.78 is 25.3. The van der Waals surface area contributed by atoms with Crippen molar-refractivity contribution in [2.75, 3.05) is 26.0 Å². The highest BCUT2D eigenvalue weighted by atomic mass is 32.2. The first-order valence-corrected chi connectivity index (χ1v) is 9.31. The summed E-state index contributed by atoms with van der Waals surface area (Å²) in [5.41, 5.74) is 1.87. The molecule has 26 heavy (non-hydrogen) atoms. The summed E-state index contributed by atoms with van der Waals surface area (Å²) in [7, 11) is -0.806. The molecule has 7 nitrogen and oxygen atoms in total. The maximum atomic E-state index is 12.2. The zero-order valence-electron chi connectivity index (χ0n) is 14.8. The zero-order chi connectivity index (χ0) is 19.3. The van der Waals surface area contributed by atoms with E-state index in [0.29, 0.717) is 5.69 Å². The topological polar surface area (TPSA) is 95.6 Å². The van der Waals surface area contributed by atoms with Crippen LogP contribution in [0.5, 0.6) is 0 Å². The fourth-order valence-electron chi connectivity index (χ4n) is 2.11. The molecule has 2 aromatic rings. The van der Waals surface area contributed by atoms with Crippen molar-refractivity contribution in [2.45, 2.75) is 11.8 Å². The fraction of sp³-hybridized carbons (Fsp3) is 0.222. The molecule has 0 saturated carbocycles. The number of benzene rings is 2. The van der Waals surface area contributed by atoms with Crippen LogP contribution in [0.25, 0.3) is 0 Å². The van der Waals surface area contributed by atoms with Crippen molar-refractivity contribution in [2.24, 2.45) is 0 Å². The number of nitrogens with one attached hydrogen (secondary N) is 2. The molecule has 0 bridgehead atoms. The van der Waals surface area contributed by atoms with Crippen LogP contribution in [0.3, 0.4) is 0 Å². The number of anilines is 1. The first-order chi connectivity index (χ1) is 12.2. The van der Waals surface area contributed by atoms with Crippen LogP contribution in [0, 0.1) is 6.92 Å². The lowest BCUT2D eigenvalue weighted by Crippen LogP contribution is -2.33. The van der Waals surface area contributed by atoms with Crippen LogP contribution < -0.4 is 10.6 Å². The van der Waals surface area contributed by atoms with E-state index in [9.17, 15) is 18.0 Å². The van der Waals surface area contributed by atoms with E-state index < -0.39 is 15.9 Å². The number of hydrogen-bond donors (Lipinski definition) is 2. The number of rotatable bonds is 6. The summed E-state index contributed by atoms with van der Waals surface area (Å²) >= 11 is 0. The highest BCUT2D eigenvalue weighted by Crippen LogP contribution is 2.15. The molecule has 0 radical (unpaired) electrons. The van der Waals surface area contributed by atoms with E-state index in [1.807, 2.05) is 19.1 Å². The minimum absolute atomic E-state index is 0.0132. The third kappa shape index (κ3) is 4.90. The monoisotopic (exact) mass is 375 g/mol. The predicted octanol–water partition coefficient (Wildman–Crippen LogP) is 1.61. The minimum atomic E-state index is -3.63. The molecule has 0 aliphatic carbocycles. The smallest absolute Gasteiger partial charge is 0.251 e. The molecule has 0 unspecified atom stereocenters. The van der Waals surface area contributed by atoms with E-state index in [2.05, 4.69) is 10.6 Å². The summed E-state index contributed by atoms with van der Waals surface area (Å²) in [6.45, 7) is 1.72. The lowest BCUT2D eigenvalue weighted by molar-refractivity contribution is -0.115. The van der Waals surface area contributed by atoms with Gasteiger partial charge in [-0.2, -0.15) is 0 Å². The van der Waals surface area contributed by atoms with Gasteiger partial charge in [-0.15, -0.1) is 0 Å². The number of sulfonamides is 1. The van der Waals surface area contributed by atoms with Gasteiger partial charge >= 0.3 is 0 Å². The Kier molecular flexibility index (Phi) is 6.12. The third-order valence-electron chi connectivity index (χ3n) is 3.62. The highest BCUT2D eigenvalue weighted by molar-refractivity contribution is 7.89. The van der Waals surface area contributed by atoms with Gasteiger partial charge < -0.3 is 10.6 Å². The molecule has 0 fully saturated rings. The van der Waals surface area contributed by atoms with E-state index in [4.69, 9.17) is 0 Å². The number of carbonyl (C=O) groups excluding carboxylic acids is 2. The Morgan fingerprint density at radius 2 is 1.69 bits per heavy atom. The van der Waals surface area contributed by atoms with Gasteiger partial charge in [0.2, 0.25) is 15.9 Å². The van der Waals surface area contributed by atoms with Crippen LogP contribution in [-0.4, -0.2) is 45.2 Å². The van der Waals surface area contributed by atoms with Gasteiger partial charge in [0.15, 0.2) is 0 Å². The number of aryl methyl sites for hydroxylation is 1. The molecule has 8 heteroatoms. The average Bonchev–Trinajstić information content (AvgIpc) is 2.61. The molecule has 2 amide bonds. The van der Waals surface area contributed by atoms with Gasteiger partial charge in [-0.1, -0.05) is 23.8 Å². The minimum Gasteiger partial charge on any atom is -0.343 e. The Labute approximate surface area is 153 Å². The number of carbonyl (C=O) groups is 2. The van der Waals surface area contributed by atoms with E-state index in [-0.39, 0.29) is 22.9 Å². The predicted molar refractivity (Wildman–Crippen MR) is 99.5 cm³/mol. The van der Waals surface area contributed by atoms with Gasteiger partial charge in [0, 0.05) is 25.3 Å². The van der Waals surface area contributed by atoms with Crippen molar-refractivity contribution in [1.29, 1.82) is 0 Å². The Morgan fingerprint density at radius 3 is 2.31 bits per heavy atom. The fourth-order valence-corrected chi connectivity index (χ4v) is 3.06. The van der Waals surface area contributed by atoms with Crippen LogP contribution >= 0.6 is 0 Å². The molecule has 2 N–H and O–H groups in total. The van der Waals surface area contributed by atoms with Crippen molar-refractivity contribution in [3.05, 3.63) is 59.7 Å². The van der Waals surface area contributed by atoms with Crippen LogP contribution in [0.4, 0.5) is 5.69 Å². The molecule has 0 atom stereocenters. The maximum absolute atomic E-state index is 12.2. The lowest BCUT2D eigenvalue weighted by atomic mass is 10.2. The van der Waals surface area contributed by atoms with Crippen LogP contribution in [0.2, 0.25) is 0 Å². The standard InChI is InChI=1S/C18H21N3O4S/c1-13-7-9-15(10-8-13)20-17(22)12-19-18(23)14-5-4-6-16(11-14)26(24,25)21(2)3/h4-11H,12H2,1-3H3,(H,19,23)(H,20,22). The molecule has 0 saturated heterocycles. The summed E-state index contributed by atoms with van der Waals surface area (Å²) in [6.07, 6.45) is 0. The van der Waals surface area contributed by atoms with Crippen molar-refractivity contribution in [3.63, 3.8) is 0 Å². The Balaban J connectivity index is 1.99. The average molecular weight is 375 g/mol. The SMILES string of the molecule is Cc1ccc(NC(=O)CNC(=O)c2cccc(S(=O)(=O)N(C)C)c2)cc1. The quantitative estimate of drug-likeness (QED) is 0.802. The lowest BCUT2D eigenvalue weighted by Gasteiger charge is -2.12. The van der Waals surface area contributed by atoms with Crippen LogP contribution in [-0.2, 0) is 14.8 Å². The number of hydrogen-bond acceptors (Lipinski definition) is 4. The van der Waals surface area contributed by atoms with Crippen LogP contribution in [0.15, 0.2) is 53.4 Å². The van der Waals surface area contributed by atoms with Crippen molar-refractivity contribution in [3.8, 4) is 0 Å². The zero-order valence-corrected chi connectivity index (χ0v) is 15.6. The molecule has 0 aromatic heterocycles. The molecule has 0 spiro atoms. The Bertz CT molecular complexity index is 906. The van der Waals surface area contributed by atoms with Gasteiger partial charge in [-0.3, -0.25) is 9.59 Å². The van der Waals surface area contributed by atoms with Crippen molar-refractivity contribution >= 4 is 27.5 Å². The molecule has 2 rings (SSSR count). The molecule has 0 aliphatic heterocycles. The van der Waals surface area contributed by atoms with Crippen LogP contribution in [0.1, 0.15) is 15.9 Å². The number of nitrogens with zero attached hydrogens (tertiary/aromatic N) is 1. The molecule has 2 aromatic carbocycles. The summed E-state index contributed by atoms with van der Waals surface area (Å²) in [6, 6.07) is 12.9. The first-order valence-electron chi connectivity index (χ1n) is 7.87. The van der Waals surface area contributed by atoms with Gasteiger partial charge in [-0.05, 0) is 37.3 Å². The second kappa shape index (κ2) is 8.11. The van der Waals surface area contributed by atoms with E-state index in [1.54, 1.807) is 12.1 Å². The van der Waals surface area contributed by atoms with Gasteiger partial charge in [0.25, 0.3) is 5.91 Å². The second-order valence-corrected chi connectivity index (χ2v) is 8.06. The largest absolute Gasteiger partial charge is 0.343 e. The Morgan fingerprint density at radius 1 is 1.04 bits per heavy atom. The van der Waals surface area contributed by atoms with E-state index >= 15 is 0 Å². The highest BCUT2D eigenvalue weighted by Gasteiger charge is 2.18. The van der Waals surface area contributed by atoms with Gasteiger partial charge in [-0.25, -0.2) is 12.7 Å². The number of amides is 2. The van der Waals surface area contributed by atoms with Gasteiger partial charge in [0.1, 0.15) is 0 Å². The molecule has 138 valence electrons. The summed E-state index contributed by atoms with van der Waals surface area (Å²) in [4.78, 5) is 24.1. The van der Waals surface area contributed by atoms with Crippen molar-refractivity contribution < 1.29 is 18.0 Å². The third-order valence-corrected chi connectivity index (χ3v) is 5.43. The molecular weight excluding hydrogens is 354 g/mol. The normalized spacial score (nSPS) is 11.2. The molecular formula is C18H21N3O4S. The molecule has 0 aliphatic rings. The van der Waals surface area contributed by atoms with Gasteiger partial charge in [0.05, 0.1) is 11.4 Å². The summed E-state index contributed by atoms with van der Waals surface area (Å²) in [5, 5.41) is 5.15. The molecule has 0 heterocycles. The van der Waals surface area contributed by atoms with E-state index in [1.165, 1.54) is 38.4 Å². The van der Waals surface area contributed by atoms with E-state index in [0.717, 1.165) is 9.87 Å². The first kappa shape index (κ1) is 19.6. The second-order valence-electron chi connectivity index (χ2n) is 5.91. The summed E-state index contributed by atoms with van der Waals surface area (Å²) in [5.74, 6) is -0.904.